The number of carbonyl (C=O) groups is 1. The van der Waals surface area contributed by atoms with Crippen molar-refractivity contribution in [3.05, 3.63) is 35.8 Å². The molecular formula is C21H28N4O. The first-order valence-corrected chi connectivity index (χ1v) is 9.96. The number of likely N-dealkylation sites (tertiary alicyclic amines) is 2. The summed E-state index contributed by atoms with van der Waals surface area (Å²) >= 11 is 0. The molecule has 2 aromatic heterocycles. The second-order valence-corrected chi connectivity index (χ2v) is 8.88. The minimum absolute atomic E-state index is 0.128. The standard InChI is InChI=1S/C21H28N4O/c1-14-7-6-10-24-13-16(22-19(14)24)20(26)25-15-11-21(2)17(23(3)12-15)8-4-5-9-18(21)25/h6-7,10,13,15,17-18H,4-5,8-9,11-12H2,1-3H3/t15-,17+,18-,21+/m0/s1. The number of aryl methyl sites for hydroxylation is 1. The van der Waals surface area contributed by atoms with E-state index in [4.69, 9.17) is 4.98 Å². The Morgan fingerprint density at radius 1 is 1.27 bits per heavy atom. The third kappa shape index (κ3) is 2.13. The molecule has 4 heterocycles. The van der Waals surface area contributed by atoms with E-state index in [0.717, 1.165) is 30.6 Å². The minimum atomic E-state index is 0.128. The summed E-state index contributed by atoms with van der Waals surface area (Å²) in [7, 11) is 2.25. The fourth-order valence-corrected chi connectivity index (χ4v) is 6.18. The lowest BCUT2D eigenvalue weighted by Crippen LogP contribution is -2.51. The van der Waals surface area contributed by atoms with Crippen LogP contribution in [-0.4, -0.2) is 56.8 Å². The molecule has 0 spiro atoms. The van der Waals surface area contributed by atoms with Crippen LogP contribution in [0.15, 0.2) is 24.5 Å². The summed E-state index contributed by atoms with van der Waals surface area (Å²) in [4.78, 5) is 23.0. The van der Waals surface area contributed by atoms with E-state index in [-0.39, 0.29) is 11.3 Å². The first-order valence-electron chi connectivity index (χ1n) is 9.96. The number of aromatic nitrogens is 2. The fourth-order valence-electron chi connectivity index (χ4n) is 6.18. The molecule has 3 fully saturated rings. The van der Waals surface area contributed by atoms with E-state index in [1.807, 2.05) is 35.9 Å². The average Bonchev–Trinajstić information content (AvgIpc) is 3.08. The molecule has 1 saturated carbocycles. The van der Waals surface area contributed by atoms with Crippen molar-refractivity contribution in [2.24, 2.45) is 5.41 Å². The zero-order valence-corrected chi connectivity index (χ0v) is 16.0. The number of hydrogen-bond donors (Lipinski definition) is 0. The van der Waals surface area contributed by atoms with Gasteiger partial charge in [0.2, 0.25) is 0 Å². The summed E-state index contributed by atoms with van der Waals surface area (Å²) in [5.74, 6) is 0.128. The highest BCUT2D eigenvalue weighted by Gasteiger charge is 2.59. The van der Waals surface area contributed by atoms with E-state index in [1.165, 1.54) is 19.3 Å². The first-order chi connectivity index (χ1) is 12.5. The van der Waals surface area contributed by atoms with Gasteiger partial charge in [-0.15, -0.1) is 0 Å². The molecule has 0 N–H and O–H groups in total. The van der Waals surface area contributed by atoms with Crippen LogP contribution in [0.25, 0.3) is 5.65 Å². The van der Waals surface area contributed by atoms with E-state index in [9.17, 15) is 4.79 Å². The second-order valence-electron chi connectivity index (χ2n) is 8.88. The Morgan fingerprint density at radius 2 is 2.04 bits per heavy atom. The van der Waals surface area contributed by atoms with Gasteiger partial charge in [-0.2, -0.15) is 0 Å². The second kappa shape index (κ2) is 5.56. The van der Waals surface area contributed by atoms with E-state index in [1.54, 1.807) is 0 Å². The number of piperidine rings is 1. The molecule has 0 aromatic carbocycles. The Bertz CT molecular complexity index is 874. The molecule has 1 aliphatic carbocycles. The fraction of sp³-hybridized carbons (Fsp3) is 0.619. The molecule has 5 heteroatoms. The Hall–Kier alpha value is -1.88. The van der Waals surface area contributed by atoms with Crippen LogP contribution in [0.3, 0.4) is 0 Å². The van der Waals surface area contributed by atoms with Crippen LogP contribution >= 0.6 is 0 Å². The van der Waals surface area contributed by atoms with Crippen molar-refractivity contribution < 1.29 is 4.79 Å². The predicted molar refractivity (Wildman–Crippen MR) is 101 cm³/mol. The van der Waals surface area contributed by atoms with Crippen LogP contribution in [0, 0.1) is 12.3 Å². The summed E-state index contributed by atoms with van der Waals surface area (Å²) in [6.45, 7) is 5.47. The monoisotopic (exact) mass is 352 g/mol. The zero-order valence-electron chi connectivity index (χ0n) is 16.0. The van der Waals surface area contributed by atoms with Gasteiger partial charge < -0.3 is 14.2 Å². The molecule has 3 aliphatic rings. The van der Waals surface area contributed by atoms with Gasteiger partial charge in [0.1, 0.15) is 11.3 Å². The van der Waals surface area contributed by atoms with Crippen molar-refractivity contribution in [3.63, 3.8) is 0 Å². The Balaban J connectivity index is 1.56. The van der Waals surface area contributed by atoms with Crippen LogP contribution in [0.4, 0.5) is 0 Å². The van der Waals surface area contributed by atoms with Gasteiger partial charge in [0.25, 0.3) is 5.91 Å². The highest BCUT2D eigenvalue weighted by atomic mass is 16.2. The van der Waals surface area contributed by atoms with Gasteiger partial charge in [0, 0.05) is 42.5 Å². The molecule has 5 rings (SSSR count). The molecule has 26 heavy (non-hydrogen) atoms. The van der Waals surface area contributed by atoms with E-state index in [2.05, 4.69) is 23.8 Å². The van der Waals surface area contributed by atoms with E-state index < -0.39 is 0 Å². The Labute approximate surface area is 155 Å². The molecule has 0 radical (unpaired) electrons. The number of nitrogens with zero attached hydrogens (tertiary/aromatic N) is 4. The summed E-state index contributed by atoms with van der Waals surface area (Å²) in [6.07, 6.45) is 9.94. The molecular weight excluding hydrogens is 324 g/mol. The summed E-state index contributed by atoms with van der Waals surface area (Å²) < 4.78 is 1.98. The van der Waals surface area contributed by atoms with Crippen LogP contribution in [-0.2, 0) is 0 Å². The van der Waals surface area contributed by atoms with Crippen molar-refractivity contribution in [2.75, 3.05) is 13.6 Å². The largest absolute Gasteiger partial charge is 0.329 e. The maximum atomic E-state index is 13.6. The van der Waals surface area contributed by atoms with Crippen molar-refractivity contribution >= 4 is 11.6 Å². The molecule has 5 nitrogen and oxygen atoms in total. The van der Waals surface area contributed by atoms with Crippen LogP contribution < -0.4 is 0 Å². The predicted octanol–water partition coefficient (Wildman–Crippen LogP) is 3.12. The molecule has 2 bridgehead atoms. The lowest BCUT2D eigenvalue weighted by molar-refractivity contribution is 0.0576. The topological polar surface area (TPSA) is 40.9 Å². The first kappa shape index (κ1) is 16.3. The third-order valence-corrected chi connectivity index (χ3v) is 7.29. The molecule has 4 atom stereocenters. The van der Waals surface area contributed by atoms with Gasteiger partial charge >= 0.3 is 0 Å². The molecule has 138 valence electrons. The number of imidazole rings is 1. The van der Waals surface area contributed by atoms with Crippen molar-refractivity contribution in [1.29, 1.82) is 0 Å². The Kier molecular flexibility index (Phi) is 3.48. The van der Waals surface area contributed by atoms with Crippen molar-refractivity contribution in [2.45, 2.75) is 64.1 Å². The maximum absolute atomic E-state index is 13.6. The van der Waals surface area contributed by atoms with Crippen molar-refractivity contribution in [3.8, 4) is 0 Å². The van der Waals surface area contributed by atoms with Crippen molar-refractivity contribution in [1.82, 2.24) is 19.2 Å². The summed E-state index contributed by atoms with van der Waals surface area (Å²) in [5, 5.41) is 0. The van der Waals surface area contributed by atoms with Crippen LogP contribution in [0.2, 0.25) is 0 Å². The van der Waals surface area contributed by atoms with Gasteiger partial charge in [-0.3, -0.25) is 4.79 Å². The van der Waals surface area contributed by atoms with E-state index >= 15 is 0 Å². The highest BCUT2D eigenvalue weighted by Crippen LogP contribution is 2.53. The van der Waals surface area contributed by atoms with Gasteiger partial charge in [-0.05, 0) is 44.9 Å². The molecule has 2 aromatic rings. The van der Waals surface area contributed by atoms with Gasteiger partial charge in [-0.1, -0.05) is 25.8 Å². The van der Waals surface area contributed by atoms with Gasteiger partial charge in [0.15, 0.2) is 0 Å². The molecule has 0 unspecified atom stereocenters. The average molecular weight is 352 g/mol. The number of amides is 1. The lowest BCUT2D eigenvalue weighted by atomic mass is 9.71. The number of fused-ring (bicyclic) bond motifs is 2. The number of pyridine rings is 1. The maximum Gasteiger partial charge on any atom is 0.274 e. The van der Waals surface area contributed by atoms with Crippen LogP contribution in [0.1, 0.15) is 55.1 Å². The number of rotatable bonds is 1. The number of likely N-dealkylation sites (N-methyl/N-ethyl adjacent to an activating group) is 1. The molecule has 2 saturated heterocycles. The number of carbonyl (C=O) groups excluding carboxylic acids is 1. The smallest absolute Gasteiger partial charge is 0.274 e. The molecule has 2 aliphatic heterocycles. The zero-order chi connectivity index (χ0) is 18.1. The van der Waals surface area contributed by atoms with Crippen LogP contribution in [0.5, 0.6) is 0 Å². The van der Waals surface area contributed by atoms with Gasteiger partial charge in [0.05, 0.1) is 0 Å². The summed E-state index contributed by atoms with van der Waals surface area (Å²) in [5.41, 5.74) is 2.81. The summed E-state index contributed by atoms with van der Waals surface area (Å²) in [6, 6.07) is 5.33. The molecule has 1 amide bonds. The SMILES string of the molecule is Cc1cccn2cc(C(=O)N3[C@@H]4CN(C)[C@@H]5CCCC[C@H]3[C@]5(C)C4)nc12. The normalized spacial score (nSPS) is 34.3. The Morgan fingerprint density at radius 3 is 2.81 bits per heavy atom. The van der Waals surface area contributed by atoms with Gasteiger partial charge in [-0.25, -0.2) is 4.98 Å². The number of hydrogen-bond acceptors (Lipinski definition) is 3. The minimum Gasteiger partial charge on any atom is -0.329 e. The highest BCUT2D eigenvalue weighted by molar-refractivity contribution is 5.94. The van der Waals surface area contributed by atoms with E-state index in [0.29, 0.717) is 23.8 Å². The lowest BCUT2D eigenvalue weighted by Gasteiger charge is -2.44. The quantitative estimate of drug-likeness (QED) is 0.792. The third-order valence-electron chi connectivity index (χ3n) is 7.29.